The minimum Gasteiger partial charge on any atom is -0.461 e. The third-order valence-electron chi connectivity index (χ3n) is 5.59. The number of carbonyl (C=O) groups excluding carboxylic acids is 2. The molecule has 4 rings (SSSR count). The van der Waals surface area contributed by atoms with Crippen LogP contribution in [-0.2, 0) is 19.1 Å². The highest BCUT2D eigenvalue weighted by molar-refractivity contribution is 5.83. The Kier molecular flexibility index (Phi) is 3.87. The van der Waals surface area contributed by atoms with E-state index in [0.717, 1.165) is 32.1 Å². The second-order valence-electron chi connectivity index (χ2n) is 7.30. The molecule has 0 aliphatic heterocycles. The Labute approximate surface area is 131 Å². The van der Waals surface area contributed by atoms with Crippen LogP contribution in [0.2, 0.25) is 0 Å². The van der Waals surface area contributed by atoms with Crippen LogP contribution in [0.4, 0.5) is 0 Å². The highest BCUT2D eigenvalue weighted by Crippen LogP contribution is 2.65. The van der Waals surface area contributed by atoms with Crippen molar-refractivity contribution in [3.63, 3.8) is 0 Å². The summed E-state index contributed by atoms with van der Waals surface area (Å²) in [5.74, 6) is 0.576. The first kappa shape index (κ1) is 15.3. The van der Waals surface area contributed by atoms with Gasteiger partial charge >= 0.3 is 11.9 Å². The van der Waals surface area contributed by atoms with Crippen LogP contribution in [0.5, 0.6) is 0 Å². The maximum Gasteiger partial charge on any atom is 0.312 e. The van der Waals surface area contributed by atoms with Gasteiger partial charge in [-0.15, -0.1) is 0 Å². The highest BCUT2D eigenvalue weighted by atomic mass is 16.5. The van der Waals surface area contributed by atoms with Gasteiger partial charge < -0.3 is 9.47 Å². The summed E-state index contributed by atoms with van der Waals surface area (Å²) in [6.07, 6.45) is 8.32. The third kappa shape index (κ3) is 2.38. The zero-order valence-corrected chi connectivity index (χ0v) is 13.0. The summed E-state index contributed by atoms with van der Waals surface area (Å²) in [4.78, 5) is 25.2. The summed E-state index contributed by atoms with van der Waals surface area (Å²) in [5, 5.41) is 0. The lowest BCUT2D eigenvalue weighted by Gasteiger charge is -2.59. The lowest BCUT2D eigenvalue weighted by Crippen LogP contribution is -2.58. The zero-order chi connectivity index (χ0) is 15.8. The lowest BCUT2D eigenvalue weighted by atomic mass is 9.44. The first-order valence-electron chi connectivity index (χ1n) is 8.10. The average Bonchev–Trinajstić information content (AvgIpc) is 2.48. The highest BCUT2D eigenvalue weighted by Gasteiger charge is 2.64. The van der Waals surface area contributed by atoms with E-state index in [9.17, 15) is 9.59 Å². The molecule has 0 radical (unpaired) electrons. The predicted molar refractivity (Wildman–Crippen MR) is 81.9 cm³/mol. The predicted octanol–water partition coefficient (Wildman–Crippen LogP) is 3.03. The molecule has 4 bridgehead atoms. The molecule has 0 unspecified atom stereocenters. The van der Waals surface area contributed by atoms with Gasteiger partial charge in [-0.3, -0.25) is 9.59 Å². The molecule has 0 aromatic carbocycles. The summed E-state index contributed by atoms with van der Waals surface area (Å²) in [5.41, 5.74) is -0.972. The van der Waals surface area contributed by atoms with Gasteiger partial charge in [0.15, 0.2) is 0 Å². The molecule has 0 spiro atoms. The topological polar surface area (TPSA) is 52.6 Å². The monoisotopic (exact) mass is 304 g/mol. The van der Waals surface area contributed by atoms with Gasteiger partial charge in [0.05, 0.1) is 10.8 Å². The van der Waals surface area contributed by atoms with Crippen molar-refractivity contribution in [2.45, 2.75) is 38.5 Å². The van der Waals surface area contributed by atoms with E-state index < -0.39 is 10.8 Å². The maximum atomic E-state index is 12.6. The molecule has 4 aliphatic rings. The van der Waals surface area contributed by atoms with Crippen molar-refractivity contribution in [1.82, 2.24) is 0 Å². The quantitative estimate of drug-likeness (QED) is 0.559. The summed E-state index contributed by atoms with van der Waals surface area (Å²) < 4.78 is 10.7. The molecule has 0 aromatic heterocycles. The van der Waals surface area contributed by atoms with Gasteiger partial charge in [-0.2, -0.15) is 0 Å². The molecule has 22 heavy (non-hydrogen) atoms. The van der Waals surface area contributed by atoms with Gasteiger partial charge in [0.2, 0.25) is 0 Å². The first-order chi connectivity index (χ1) is 10.5. The van der Waals surface area contributed by atoms with E-state index in [1.54, 1.807) is 12.2 Å². The summed E-state index contributed by atoms with van der Waals surface area (Å²) in [6.45, 7) is 7.67. The van der Waals surface area contributed by atoms with E-state index in [-0.39, 0.29) is 25.2 Å². The van der Waals surface area contributed by atoms with E-state index in [4.69, 9.17) is 9.47 Å². The Morgan fingerprint density at radius 1 is 0.909 bits per heavy atom. The molecule has 4 saturated carbocycles. The smallest absolute Gasteiger partial charge is 0.312 e. The fourth-order valence-corrected chi connectivity index (χ4v) is 5.32. The van der Waals surface area contributed by atoms with Crippen LogP contribution in [0.1, 0.15) is 38.5 Å². The minimum absolute atomic E-state index is 0.151. The van der Waals surface area contributed by atoms with Gasteiger partial charge in [0.1, 0.15) is 13.2 Å². The second-order valence-corrected chi connectivity index (χ2v) is 7.30. The van der Waals surface area contributed by atoms with E-state index in [1.165, 1.54) is 0 Å². The van der Waals surface area contributed by atoms with Crippen LogP contribution in [0.25, 0.3) is 0 Å². The molecule has 0 N–H and O–H groups in total. The van der Waals surface area contributed by atoms with Crippen molar-refractivity contribution in [1.29, 1.82) is 0 Å². The first-order valence-corrected chi connectivity index (χ1v) is 8.10. The third-order valence-corrected chi connectivity index (χ3v) is 5.59. The average molecular weight is 304 g/mol. The molecule has 4 aliphatic carbocycles. The fourth-order valence-electron chi connectivity index (χ4n) is 5.32. The van der Waals surface area contributed by atoms with Gasteiger partial charge in [0.25, 0.3) is 0 Å². The normalized spacial score (nSPS) is 38.4. The largest absolute Gasteiger partial charge is 0.461 e. The molecule has 0 heterocycles. The van der Waals surface area contributed by atoms with Crippen molar-refractivity contribution in [2.75, 3.05) is 13.2 Å². The minimum atomic E-state index is -0.486. The van der Waals surface area contributed by atoms with Crippen LogP contribution in [0.15, 0.2) is 25.3 Å². The summed E-state index contributed by atoms with van der Waals surface area (Å²) in [7, 11) is 0. The molecule has 0 atom stereocenters. The molecule has 4 fully saturated rings. The van der Waals surface area contributed by atoms with Crippen LogP contribution < -0.4 is 0 Å². The summed E-state index contributed by atoms with van der Waals surface area (Å²) in [6, 6.07) is 0. The van der Waals surface area contributed by atoms with Crippen LogP contribution >= 0.6 is 0 Å². The zero-order valence-electron chi connectivity index (χ0n) is 13.0. The van der Waals surface area contributed by atoms with E-state index in [2.05, 4.69) is 13.2 Å². The van der Waals surface area contributed by atoms with E-state index in [0.29, 0.717) is 18.3 Å². The number of hydrogen-bond acceptors (Lipinski definition) is 4. The molecule has 0 aromatic rings. The van der Waals surface area contributed by atoms with Crippen molar-refractivity contribution in [3.8, 4) is 0 Å². The van der Waals surface area contributed by atoms with Crippen molar-refractivity contribution in [2.24, 2.45) is 22.7 Å². The molecule has 120 valence electrons. The van der Waals surface area contributed by atoms with E-state index >= 15 is 0 Å². The van der Waals surface area contributed by atoms with Crippen molar-refractivity contribution >= 4 is 11.9 Å². The Morgan fingerprint density at radius 2 is 1.32 bits per heavy atom. The van der Waals surface area contributed by atoms with E-state index in [1.807, 2.05) is 0 Å². The Hall–Kier alpha value is -1.58. The summed E-state index contributed by atoms with van der Waals surface area (Å²) >= 11 is 0. The van der Waals surface area contributed by atoms with Crippen molar-refractivity contribution in [3.05, 3.63) is 25.3 Å². The fraction of sp³-hybridized carbons (Fsp3) is 0.667. The number of rotatable bonds is 6. The lowest BCUT2D eigenvalue weighted by molar-refractivity contribution is -0.192. The Balaban J connectivity index is 1.83. The van der Waals surface area contributed by atoms with Crippen LogP contribution in [0, 0.1) is 22.7 Å². The number of carbonyl (C=O) groups is 2. The number of hydrogen-bond donors (Lipinski definition) is 0. The second kappa shape index (κ2) is 5.56. The van der Waals surface area contributed by atoms with Gasteiger partial charge in [-0.05, 0) is 50.4 Å². The maximum absolute atomic E-state index is 12.6. The molecule has 0 saturated heterocycles. The Bertz CT molecular complexity index is 451. The van der Waals surface area contributed by atoms with Crippen LogP contribution in [0.3, 0.4) is 0 Å². The van der Waals surface area contributed by atoms with Crippen LogP contribution in [-0.4, -0.2) is 25.2 Å². The standard InChI is InChI=1S/C18H24O4/c1-3-5-21-15(19)17-8-13-7-14(9-17)11-18(10-13,12-17)16(20)22-6-4-2/h3-4,13-14H,1-2,5-12H2. The molecule has 0 amide bonds. The van der Waals surface area contributed by atoms with Gasteiger partial charge in [0, 0.05) is 0 Å². The molecule has 4 nitrogen and oxygen atoms in total. The molecular weight excluding hydrogens is 280 g/mol. The van der Waals surface area contributed by atoms with Gasteiger partial charge in [-0.1, -0.05) is 25.3 Å². The van der Waals surface area contributed by atoms with Crippen molar-refractivity contribution < 1.29 is 19.1 Å². The Morgan fingerprint density at radius 3 is 1.68 bits per heavy atom. The molecule has 4 heteroatoms. The van der Waals surface area contributed by atoms with Gasteiger partial charge in [-0.25, -0.2) is 0 Å². The number of esters is 2. The number of ether oxygens (including phenoxy) is 2. The SMILES string of the molecule is C=CCOC(=O)C12CC3CC(C1)CC(C(=O)OCC=C)(C3)C2. The molecular formula is C18H24O4.